The van der Waals surface area contributed by atoms with Gasteiger partial charge in [0.05, 0.1) is 6.61 Å². The van der Waals surface area contributed by atoms with E-state index in [1.165, 1.54) is 38.5 Å². The smallest absolute Gasteiger partial charge is 0.756 e. The summed E-state index contributed by atoms with van der Waals surface area (Å²) in [5.41, 5.74) is 0. The molecule has 0 aliphatic rings. The van der Waals surface area contributed by atoms with Crippen molar-refractivity contribution >= 4 is 7.82 Å². The average molecular weight is 318 g/mol. The largest absolute Gasteiger partial charge is 1.00 e. The molecule has 1 atom stereocenters. The van der Waals surface area contributed by atoms with Gasteiger partial charge in [-0.05, 0) is 12.3 Å². The molecule has 0 saturated carbocycles. The van der Waals surface area contributed by atoms with Crippen molar-refractivity contribution in [3.63, 3.8) is 0 Å². The zero-order chi connectivity index (χ0) is 13.9. The summed E-state index contributed by atoms with van der Waals surface area (Å²) in [5, 5.41) is 0. The van der Waals surface area contributed by atoms with Crippen LogP contribution in [0.2, 0.25) is 0 Å². The minimum absolute atomic E-state index is 0. The van der Waals surface area contributed by atoms with Crippen LogP contribution in [0.5, 0.6) is 0 Å². The van der Waals surface area contributed by atoms with Crippen molar-refractivity contribution in [1.29, 1.82) is 0 Å². The maximum absolute atomic E-state index is 10.3. The minimum Gasteiger partial charge on any atom is -0.756 e. The molecule has 1 unspecified atom stereocenters. The molecule has 6 heteroatoms. The Hall–Kier alpha value is 1.75. The van der Waals surface area contributed by atoms with Gasteiger partial charge >= 0.3 is 51.4 Å². The molecular formula is C13H28KO4P. The van der Waals surface area contributed by atoms with Crippen molar-refractivity contribution in [3.05, 3.63) is 0 Å². The van der Waals surface area contributed by atoms with E-state index < -0.39 is 7.82 Å². The van der Waals surface area contributed by atoms with Crippen molar-refractivity contribution in [2.24, 2.45) is 5.92 Å². The van der Waals surface area contributed by atoms with Gasteiger partial charge in [0.25, 0.3) is 7.82 Å². The van der Waals surface area contributed by atoms with Gasteiger partial charge in [-0.15, -0.1) is 0 Å². The molecule has 0 saturated heterocycles. The maximum atomic E-state index is 10.3. The van der Waals surface area contributed by atoms with Crippen LogP contribution >= 0.6 is 7.82 Å². The number of phosphoric ester groups is 1. The Morgan fingerprint density at radius 2 is 1.42 bits per heavy atom. The van der Waals surface area contributed by atoms with Gasteiger partial charge in [0, 0.05) is 0 Å². The fraction of sp³-hybridized carbons (Fsp3) is 1.00. The molecule has 1 N–H and O–H groups in total. The summed E-state index contributed by atoms with van der Waals surface area (Å²) in [6.45, 7) is 4.62. The van der Waals surface area contributed by atoms with E-state index in [9.17, 15) is 9.46 Å². The van der Waals surface area contributed by atoms with Gasteiger partial charge in [-0.2, -0.15) is 0 Å². The number of rotatable bonds is 12. The number of phosphoric acid groups is 1. The van der Waals surface area contributed by atoms with Gasteiger partial charge in [-0.1, -0.05) is 65.2 Å². The van der Waals surface area contributed by atoms with Crippen LogP contribution < -0.4 is 56.3 Å². The third-order valence-electron chi connectivity index (χ3n) is 2.93. The van der Waals surface area contributed by atoms with Gasteiger partial charge in [0.1, 0.15) is 0 Å². The van der Waals surface area contributed by atoms with Gasteiger partial charge in [0.2, 0.25) is 0 Å². The second-order valence-corrected chi connectivity index (χ2v) is 6.51. The van der Waals surface area contributed by atoms with Crippen molar-refractivity contribution < 1.29 is 70.3 Å². The van der Waals surface area contributed by atoms with Gasteiger partial charge in [0.15, 0.2) is 0 Å². The third-order valence-corrected chi connectivity index (χ3v) is 3.44. The van der Waals surface area contributed by atoms with Crippen LogP contribution in [0.3, 0.4) is 0 Å². The van der Waals surface area contributed by atoms with E-state index >= 15 is 0 Å². The first kappa shape index (κ1) is 23.0. The third kappa shape index (κ3) is 22.2. The number of hydrogen-bond donors (Lipinski definition) is 1. The molecule has 0 amide bonds. The summed E-state index contributed by atoms with van der Waals surface area (Å²) in [7, 11) is -4.50. The van der Waals surface area contributed by atoms with E-state index in [1.54, 1.807) is 0 Å². The molecule has 0 bridgehead atoms. The first-order valence-electron chi connectivity index (χ1n) is 7.10. The predicted molar refractivity (Wildman–Crippen MR) is 72.2 cm³/mol. The maximum Gasteiger partial charge on any atom is 1.00 e. The molecule has 0 rings (SSSR count). The molecule has 0 heterocycles. The topological polar surface area (TPSA) is 69.6 Å². The molecule has 0 fully saturated rings. The molecule has 0 aromatic carbocycles. The summed E-state index contributed by atoms with van der Waals surface area (Å²) in [5.74, 6) is 0.813. The van der Waals surface area contributed by atoms with Crippen LogP contribution in [0.4, 0.5) is 0 Å². The van der Waals surface area contributed by atoms with Crippen molar-refractivity contribution in [2.75, 3.05) is 6.61 Å². The van der Waals surface area contributed by atoms with E-state index in [0.29, 0.717) is 6.42 Å². The second-order valence-electron chi connectivity index (χ2n) is 5.31. The molecule has 0 aromatic heterocycles. The van der Waals surface area contributed by atoms with Crippen LogP contribution in [-0.4, -0.2) is 11.5 Å². The van der Waals surface area contributed by atoms with Crippen LogP contribution in [0.1, 0.15) is 71.6 Å². The van der Waals surface area contributed by atoms with E-state index in [-0.39, 0.29) is 58.0 Å². The Kier molecular flexibility index (Phi) is 17.8. The Balaban J connectivity index is 0. The quantitative estimate of drug-likeness (QED) is 0.326. The molecule has 0 aliphatic carbocycles. The second kappa shape index (κ2) is 14.7. The Labute approximate surface area is 160 Å². The molecule has 4 nitrogen and oxygen atoms in total. The van der Waals surface area contributed by atoms with E-state index in [2.05, 4.69) is 18.4 Å². The Morgan fingerprint density at radius 3 is 1.84 bits per heavy atom. The molecule has 0 spiro atoms. The fourth-order valence-corrected chi connectivity index (χ4v) is 2.26. The molecule has 110 valence electrons. The minimum atomic E-state index is -4.50. The molecular weight excluding hydrogens is 290 g/mol. The Morgan fingerprint density at radius 1 is 1.00 bits per heavy atom. The van der Waals surface area contributed by atoms with E-state index in [0.717, 1.165) is 18.8 Å². The first-order chi connectivity index (χ1) is 8.42. The normalized spacial score (nSPS) is 14.2. The SMILES string of the molecule is CC(C)CCCCCCCCCCOP(=O)([O-])O.[K+]. The van der Waals surface area contributed by atoms with Crippen LogP contribution in [-0.2, 0) is 9.09 Å². The number of hydrogen-bond acceptors (Lipinski definition) is 3. The van der Waals surface area contributed by atoms with Crippen LogP contribution in [0.15, 0.2) is 0 Å². The summed E-state index contributed by atoms with van der Waals surface area (Å²) >= 11 is 0. The molecule has 0 aliphatic heterocycles. The number of unbranched alkanes of at least 4 members (excludes halogenated alkanes) is 7. The van der Waals surface area contributed by atoms with Gasteiger partial charge in [-0.3, -0.25) is 4.57 Å². The first-order valence-corrected chi connectivity index (χ1v) is 8.59. The standard InChI is InChI=1S/C13H29O4P.K/c1-13(2)11-9-7-5-3-4-6-8-10-12-17-18(14,15)16;/h13H,3-12H2,1-2H3,(H2,14,15,16);/q;+1/p-1. The van der Waals surface area contributed by atoms with Crippen molar-refractivity contribution in [2.45, 2.75) is 71.6 Å². The van der Waals surface area contributed by atoms with E-state index in [4.69, 9.17) is 4.89 Å². The van der Waals surface area contributed by atoms with Gasteiger partial charge in [-0.25, -0.2) is 0 Å². The summed E-state index contributed by atoms with van der Waals surface area (Å²) in [4.78, 5) is 18.6. The zero-order valence-electron chi connectivity index (χ0n) is 12.8. The van der Waals surface area contributed by atoms with Crippen molar-refractivity contribution in [3.8, 4) is 0 Å². The molecule has 0 aromatic rings. The zero-order valence-corrected chi connectivity index (χ0v) is 16.8. The molecule has 0 radical (unpaired) electrons. The average Bonchev–Trinajstić information content (AvgIpc) is 2.24. The van der Waals surface area contributed by atoms with E-state index in [1.807, 2.05) is 0 Å². The summed E-state index contributed by atoms with van der Waals surface area (Å²) < 4.78 is 14.5. The fourth-order valence-electron chi connectivity index (χ4n) is 1.90. The van der Waals surface area contributed by atoms with Gasteiger partial charge < -0.3 is 14.3 Å². The van der Waals surface area contributed by atoms with Crippen LogP contribution in [0.25, 0.3) is 0 Å². The predicted octanol–water partition coefficient (Wildman–Crippen LogP) is 0.635. The monoisotopic (exact) mass is 318 g/mol. The summed E-state index contributed by atoms with van der Waals surface area (Å²) in [6, 6.07) is 0. The van der Waals surface area contributed by atoms with Crippen molar-refractivity contribution in [1.82, 2.24) is 0 Å². The van der Waals surface area contributed by atoms with Crippen LogP contribution in [0, 0.1) is 5.92 Å². The summed E-state index contributed by atoms with van der Waals surface area (Å²) in [6.07, 6.45) is 10.5. The molecule has 19 heavy (non-hydrogen) atoms. The Bertz CT molecular complexity index is 231.